The molecular formula is C35H53N5O3Si2. The van der Waals surface area contributed by atoms with Gasteiger partial charge in [-0.3, -0.25) is 9.78 Å². The molecule has 3 fully saturated rings. The molecule has 3 heterocycles. The SMILES string of the molecule is C[Si](C)(C)CCOCN(COCC[Si](C)(C)C)c1c(C2CC2)c([C@H]2C[C@@H]3CC[C@@H](C3)C2)nc2c(-c3ccc(C=O)nc3)cnn12. The highest BCUT2D eigenvalue weighted by Gasteiger charge is 2.41. The first-order chi connectivity index (χ1) is 21.5. The number of hydrogen-bond donors (Lipinski definition) is 0. The van der Waals surface area contributed by atoms with E-state index in [-0.39, 0.29) is 0 Å². The van der Waals surface area contributed by atoms with Crippen molar-refractivity contribution in [2.45, 2.75) is 108 Å². The maximum absolute atomic E-state index is 11.3. The highest BCUT2D eigenvalue weighted by atomic mass is 28.3. The molecule has 3 saturated carbocycles. The zero-order chi connectivity index (χ0) is 31.8. The van der Waals surface area contributed by atoms with Crippen molar-refractivity contribution in [3.8, 4) is 11.1 Å². The van der Waals surface area contributed by atoms with E-state index in [1.165, 1.54) is 56.2 Å². The molecule has 0 amide bonds. The maximum atomic E-state index is 11.3. The van der Waals surface area contributed by atoms with Gasteiger partial charge < -0.3 is 14.4 Å². The molecule has 2 bridgehead atoms. The predicted octanol–water partition coefficient (Wildman–Crippen LogP) is 8.21. The molecule has 45 heavy (non-hydrogen) atoms. The van der Waals surface area contributed by atoms with Gasteiger partial charge in [0.15, 0.2) is 11.9 Å². The lowest BCUT2D eigenvalue weighted by atomic mass is 9.78. The number of carbonyl (C=O) groups excluding carboxylic acids is 1. The van der Waals surface area contributed by atoms with Gasteiger partial charge in [0.25, 0.3) is 0 Å². The zero-order valence-corrected chi connectivity index (χ0v) is 30.3. The van der Waals surface area contributed by atoms with Gasteiger partial charge in [0, 0.05) is 58.2 Å². The summed E-state index contributed by atoms with van der Waals surface area (Å²) >= 11 is 0. The van der Waals surface area contributed by atoms with Crippen LogP contribution in [0.3, 0.4) is 0 Å². The largest absolute Gasteiger partial charge is 0.361 e. The molecule has 0 saturated heterocycles. The van der Waals surface area contributed by atoms with Crippen molar-refractivity contribution < 1.29 is 14.3 Å². The third-order valence-electron chi connectivity index (χ3n) is 9.95. The van der Waals surface area contributed by atoms with E-state index in [4.69, 9.17) is 19.6 Å². The standard InChI is InChI=1S/C35H53N5O3Si2/c1-44(2,3)15-13-42-23-39(24-43-14-16-45(4,5)6)35-32(27-9-10-27)33(29-18-25-7-8-26(17-25)19-29)38-34-31(21-37-40(34)35)28-11-12-30(22-41)36-20-28/h11-12,20-22,25-27,29H,7-10,13-19,23-24H2,1-6H3/t25-,26+,29+. The van der Waals surface area contributed by atoms with Gasteiger partial charge in [-0.05, 0) is 68.0 Å². The summed E-state index contributed by atoms with van der Waals surface area (Å²) in [6.45, 7) is 16.8. The van der Waals surface area contributed by atoms with E-state index in [0.717, 1.165) is 66.0 Å². The molecule has 0 aromatic carbocycles. The molecule has 0 spiro atoms. The summed E-state index contributed by atoms with van der Waals surface area (Å²) in [6, 6.07) is 5.99. The second kappa shape index (κ2) is 13.4. The highest BCUT2D eigenvalue weighted by molar-refractivity contribution is 6.76. The van der Waals surface area contributed by atoms with Gasteiger partial charge >= 0.3 is 0 Å². The molecule has 3 aliphatic rings. The van der Waals surface area contributed by atoms with Gasteiger partial charge in [0.2, 0.25) is 0 Å². The molecule has 0 N–H and O–H groups in total. The topological polar surface area (TPSA) is 81.9 Å². The molecule has 244 valence electrons. The third kappa shape index (κ3) is 7.94. The summed E-state index contributed by atoms with van der Waals surface area (Å²) in [4.78, 5) is 23.6. The Balaban J connectivity index is 1.44. The molecule has 6 rings (SSSR count). The Kier molecular flexibility index (Phi) is 9.67. The van der Waals surface area contributed by atoms with Crippen LogP contribution in [0.2, 0.25) is 51.4 Å². The van der Waals surface area contributed by atoms with Crippen molar-refractivity contribution in [1.82, 2.24) is 19.6 Å². The van der Waals surface area contributed by atoms with Crippen LogP contribution in [0.5, 0.6) is 0 Å². The van der Waals surface area contributed by atoms with Crippen molar-refractivity contribution >= 4 is 33.9 Å². The number of pyridine rings is 1. The van der Waals surface area contributed by atoms with E-state index in [2.05, 4.69) is 53.7 Å². The molecule has 3 aromatic rings. The lowest BCUT2D eigenvalue weighted by Gasteiger charge is -2.33. The maximum Gasteiger partial charge on any atom is 0.168 e. The van der Waals surface area contributed by atoms with Crippen LogP contribution in [0, 0.1) is 11.8 Å². The number of carbonyl (C=O) groups is 1. The Morgan fingerprint density at radius 1 is 0.867 bits per heavy atom. The number of nitrogens with zero attached hydrogens (tertiary/aromatic N) is 5. The van der Waals surface area contributed by atoms with Gasteiger partial charge in [0.1, 0.15) is 25.0 Å². The van der Waals surface area contributed by atoms with Crippen LogP contribution >= 0.6 is 0 Å². The van der Waals surface area contributed by atoms with Gasteiger partial charge in [-0.1, -0.05) is 58.2 Å². The van der Waals surface area contributed by atoms with Crippen molar-refractivity contribution in [1.29, 1.82) is 0 Å². The number of ether oxygens (including phenoxy) is 2. The number of anilines is 1. The highest BCUT2D eigenvalue weighted by Crippen LogP contribution is 2.53. The van der Waals surface area contributed by atoms with Gasteiger partial charge in [-0.15, -0.1) is 0 Å². The van der Waals surface area contributed by atoms with Crippen LogP contribution in [-0.4, -0.2) is 68.7 Å². The van der Waals surface area contributed by atoms with Gasteiger partial charge in [0.05, 0.1) is 11.9 Å². The van der Waals surface area contributed by atoms with Crippen molar-refractivity contribution in [3.05, 3.63) is 41.5 Å². The number of fused-ring (bicyclic) bond motifs is 3. The molecule has 0 unspecified atom stereocenters. The molecule has 0 aliphatic heterocycles. The van der Waals surface area contributed by atoms with Crippen LogP contribution in [-0.2, 0) is 9.47 Å². The summed E-state index contributed by atoms with van der Waals surface area (Å²) < 4.78 is 15.0. The monoisotopic (exact) mass is 647 g/mol. The second-order valence-electron chi connectivity index (χ2n) is 16.3. The molecule has 0 radical (unpaired) electrons. The first-order valence-corrected chi connectivity index (χ1v) is 24.6. The van der Waals surface area contributed by atoms with E-state index in [1.807, 2.05) is 12.3 Å². The lowest BCUT2D eigenvalue weighted by molar-refractivity contribution is 0.0940. The molecule has 3 aromatic heterocycles. The average Bonchev–Trinajstić information content (AvgIpc) is 3.66. The zero-order valence-electron chi connectivity index (χ0n) is 28.3. The predicted molar refractivity (Wildman–Crippen MR) is 187 cm³/mol. The molecule has 3 atom stereocenters. The van der Waals surface area contributed by atoms with Crippen molar-refractivity contribution in [2.75, 3.05) is 31.6 Å². The van der Waals surface area contributed by atoms with Crippen LogP contribution in [0.1, 0.15) is 78.5 Å². The fourth-order valence-electron chi connectivity index (χ4n) is 7.22. The third-order valence-corrected chi connectivity index (χ3v) is 13.4. The smallest absolute Gasteiger partial charge is 0.168 e. The van der Waals surface area contributed by atoms with Crippen LogP contribution in [0.4, 0.5) is 5.82 Å². The Bertz CT molecular complexity index is 1440. The van der Waals surface area contributed by atoms with E-state index < -0.39 is 16.1 Å². The summed E-state index contributed by atoms with van der Waals surface area (Å²) in [5, 5.41) is 5.01. The Labute approximate surface area is 271 Å². The average molecular weight is 648 g/mol. The van der Waals surface area contributed by atoms with Gasteiger partial charge in [-0.25, -0.2) is 4.98 Å². The summed E-state index contributed by atoms with van der Waals surface area (Å²) in [5.74, 6) is 3.70. The van der Waals surface area contributed by atoms with E-state index >= 15 is 0 Å². The fraction of sp³-hybridized carbons (Fsp3) is 0.657. The number of hydrogen-bond acceptors (Lipinski definition) is 7. The van der Waals surface area contributed by atoms with Crippen molar-refractivity contribution in [3.63, 3.8) is 0 Å². The molecule has 3 aliphatic carbocycles. The lowest BCUT2D eigenvalue weighted by Crippen LogP contribution is -2.34. The minimum Gasteiger partial charge on any atom is -0.361 e. The normalized spacial score (nSPS) is 21.9. The van der Waals surface area contributed by atoms with E-state index in [0.29, 0.717) is 31.0 Å². The Morgan fingerprint density at radius 2 is 1.51 bits per heavy atom. The van der Waals surface area contributed by atoms with Crippen molar-refractivity contribution in [2.24, 2.45) is 11.8 Å². The minimum absolute atomic E-state index is 0.426. The quantitative estimate of drug-likeness (QED) is 0.0712. The molecule has 10 heteroatoms. The van der Waals surface area contributed by atoms with Crippen LogP contribution < -0.4 is 4.90 Å². The van der Waals surface area contributed by atoms with Crippen LogP contribution in [0.25, 0.3) is 16.8 Å². The summed E-state index contributed by atoms with van der Waals surface area (Å²) in [6.07, 6.45) is 13.5. The Hall–Kier alpha value is -2.41. The Morgan fingerprint density at radius 3 is 2.04 bits per heavy atom. The molecular weight excluding hydrogens is 595 g/mol. The number of aromatic nitrogens is 4. The first kappa shape index (κ1) is 32.5. The fourth-order valence-corrected chi connectivity index (χ4v) is 8.73. The van der Waals surface area contributed by atoms with Crippen LogP contribution in [0.15, 0.2) is 24.5 Å². The number of aldehydes is 1. The summed E-state index contributed by atoms with van der Waals surface area (Å²) in [5.41, 5.74) is 5.81. The summed E-state index contributed by atoms with van der Waals surface area (Å²) in [7, 11) is -2.46. The first-order valence-electron chi connectivity index (χ1n) is 17.2. The van der Waals surface area contributed by atoms with E-state index in [1.54, 1.807) is 12.3 Å². The molecule has 8 nitrogen and oxygen atoms in total. The van der Waals surface area contributed by atoms with E-state index in [9.17, 15) is 4.79 Å². The minimum atomic E-state index is -1.23. The second-order valence-corrected chi connectivity index (χ2v) is 27.6. The number of rotatable bonds is 15. The van der Waals surface area contributed by atoms with Gasteiger partial charge in [-0.2, -0.15) is 9.61 Å².